The number of ether oxygens (including phenoxy) is 2. The van der Waals surface area contributed by atoms with Crippen molar-refractivity contribution in [3.8, 4) is 11.5 Å². The zero-order valence-electron chi connectivity index (χ0n) is 33.9. The van der Waals surface area contributed by atoms with E-state index in [4.69, 9.17) is 14.6 Å². The van der Waals surface area contributed by atoms with E-state index in [0.29, 0.717) is 45.7 Å². The number of methoxy groups -OCH3 is 2. The summed E-state index contributed by atoms with van der Waals surface area (Å²) in [4.78, 5) is 59.4. The Bertz CT molecular complexity index is 2510. The number of nitrogens with one attached hydrogen (secondary N) is 2. The van der Waals surface area contributed by atoms with Gasteiger partial charge in [-0.15, -0.1) is 0 Å². The van der Waals surface area contributed by atoms with Gasteiger partial charge in [0.1, 0.15) is 34.6 Å². The molecule has 60 heavy (non-hydrogen) atoms. The van der Waals surface area contributed by atoms with Crippen LogP contribution in [-0.4, -0.2) is 93.5 Å². The lowest BCUT2D eigenvalue weighted by molar-refractivity contribution is -0.141. The van der Waals surface area contributed by atoms with E-state index in [-0.39, 0.29) is 36.2 Å². The van der Waals surface area contributed by atoms with Gasteiger partial charge in [0, 0.05) is 56.8 Å². The molecule has 8 rings (SSSR count). The van der Waals surface area contributed by atoms with Gasteiger partial charge >= 0.3 is 11.9 Å². The van der Waals surface area contributed by atoms with Gasteiger partial charge in [-0.3, -0.25) is 33.5 Å². The van der Waals surface area contributed by atoms with Gasteiger partial charge in [-0.1, -0.05) is 6.07 Å². The third-order valence-corrected chi connectivity index (χ3v) is 12.4. The Morgan fingerprint density at radius 3 is 2.38 bits per heavy atom. The number of piperidine rings is 2. The molecule has 1 unspecified atom stereocenters. The summed E-state index contributed by atoms with van der Waals surface area (Å²) in [6, 6.07) is 10.1. The molecule has 2 aromatic carbocycles. The lowest BCUT2D eigenvalue weighted by Gasteiger charge is -2.40. The first-order chi connectivity index (χ1) is 28.7. The van der Waals surface area contributed by atoms with Crippen molar-refractivity contribution in [2.24, 2.45) is 13.0 Å². The molecule has 3 aliphatic rings. The quantitative estimate of drug-likeness (QED) is 0.168. The number of carbonyl (C=O) groups is 3. The number of hydrogen-bond donors (Lipinski definition) is 2. The second kappa shape index (κ2) is 16.3. The van der Waals surface area contributed by atoms with E-state index in [1.165, 1.54) is 17.7 Å². The van der Waals surface area contributed by atoms with Crippen LogP contribution in [0, 0.1) is 5.92 Å². The predicted molar refractivity (Wildman–Crippen MR) is 217 cm³/mol. The van der Waals surface area contributed by atoms with Gasteiger partial charge in [0.05, 0.1) is 42.5 Å². The molecule has 2 saturated heterocycles. The number of halogens is 3. The molecule has 2 aliphatic heterocycles. The summed E-state index contributed by atoms with van der Waals surface area (Å²) < 4.78 is 56.0. The van der Waals surface area contributed by atoms with E-state index < -0.39 is 29.7 Å². The number of anilines is 2. The molecule has 5 heterocycles. The normalized spacial score (nSPS) is 20.5. The summed E-state index contributed by atoms with van der Waals surface area (Å²) in [5.41, 5.74) is 1.33. The highest BCUT2D eigenvalue weighted by Gasteiger charge is 2.35. The van der Waals surface area contributed by atoms with E-state index in [0.717, 1.165) is 81.4 Å². The number of benzene rings is 2. The molecule has 1 saturated carbocycles. The van der Waals surface area contributed by atoms with Crippen LogP contribution < -0.4 is 30.7 Å². The van der Waals surface area contributed by atoms with Crippen LogP contribution in [0.1, 0.15) is 79.6 Å². The van der Waals surface area contributed by atoms with Gasteiger partial charge in [0.2, 0.25) is 11.8 Å². The Hall–Kier alpha value is -5.91. The number of rotatable bonds is 10. The van der Waals surface area contributed by atoms with E-state index in [1.54, 1.807) is 30.9 Å². The first-order valence-corrected chi connectivity index (χ1v) is 20.2. The van der Waals surface area contributed by atoms with Gasteiger partial charge in [-0.25, -0.2) is 9.78 Å². The average molecular weight is 832 g/mol. The molecular formula is C42H48F3N9O6. The molecule has 3 fully saturated rings. The molecule has 5 aromatic rings. The fraction of sp³-hybridized carbons (Fsp3) is 0.476. The molecule has 3 aromatic heterocycles. The summed E-state index contributed by atoms with van der Waals surface area (Å²) in [5, 5.41) is 10.6. The van der Waals surface area contributed by atoms with E-state index >= 15 is 0 Å². The van der Waals surface area contributed by atoms with Crippen LogP contribution in [0.25, 0.3) is 21.9 Å². The Balaban J connectivity index is 0.884. The average Bonchev–Trinajstić information content (AvgIpc) is 3.77. The van der Waals surface area contributed by atoms with Crippen LogP contribution in [0.4, 0.5) is 24.5 Å². The van der Waals surface area contributed by atoms with Crippen molar-refractivity contribution in [1.82, 2.24) is 34.1 Å². The lowest BCUT2D eigenvalue weighted by atomic mass is 9.85. The van der Waals surface area contributed by atoms with Gasteiger partial charge < -0.3 is 24.6 Å². The number of aryl methyl sites for hydroxylation is 1. The number of aromatic nitrogens is 5. The number of fused-ring (bicyclic) bond motifs is 2. The highest BCUT2D eigenvalue weighted by molar-refractivity contribution is 6.05. The van der Waals surface area contributed by atoms with Crippen molar-refractivity contribution < 1.29 is 37.0 Å². The number of imide groups is 1. The summed E-state index contributed by atoms with van der Waals surface area (Å²) in [6.07, 6.45) is 3.53. The zero-order chi connectivity index (χ0) is 42.5. The minimum atomic E-state index is -4.67. The number of amides is 3. The molecule has 3 amide bonds. The molecule has 15 nitrogen and oxygen atoms in total. The summed E-state index contributed by atoms with van der Waals surface area (Å²) >= 11 is 0. The molecule has 18 heteroatoms. The Morgan fingerprint density at radius 2 is 1.70 bits per heavy atom. The van der Waals surface area contributed by atoms with E-state index in [2.05, 4.69) is 32.5 Å². The van der Waals surface area contributed by atoms with Crippen molar-refractivity contribution in [3.63, 3.8) is 0 Å². The number of alkyl halides is 3. The summed E-state index contributed by atoms with van der Waals surface area (Å²) in [5.74, 6) is -0.0734. The Kier molecular flexibility index (Phi) is 11.1. The van der Waals surface area contributed by atoms with Crippen LogP contribution in [0.3, 0.4) is 0 Å². The number of nitrogens with zero attached hydrogens (tertiary/aromatic N) is 7. The van der Waals surface area contributed by atoms with Gasteiger partial charge in [0.25, 0.3) is 5.91 Å². The monoisotopic (exact) mass is 831 g/mol. The highest BCUT2D eigenvalue weighted by Crippen LogP contribution is 2.40. The van der Waals surface area contributed by atoms with Gasteiger partial charge in [-0.2, -0.15) is 18.3 Å². The minimum Gasteiger partial charge on any atom is -0.494 e. The third kappa shape index (κ3) is 7.79. The van der Waals surface area contributed by atoms with Crippen molar-refractivity contribution in [3.05, 3.63) is 70.5 Å². The number of pyridine rings is 1. The largest absolute Gasteiger partial charge is 0.494 e. The first-order valence-electron chi connectivity index (χ1n) is 20.2. The summed E-state index contributed by atoms with van der Waals surface area (Å²) in [6.45, 7) is 2.50. The molecule has 318 valence electrons. The topological polar surface area (TPSA) is 158 Å². The SMILES string of the molecule is COc1cc2nn([C@H]3CC[C@H](CN(C)C4CCN(c5c(OC)ccc6c5n(C)c(=O)n6C5CCC(=O)NC5=O)CC4)CC3)cc2cc1NC(=O)c1cccc(C(F)(F)F)n1. The molecular weight excluding hydrogens is 784 g/mol. The van der Waals surface area contributed by atoms with Crippen molar-refractivity contribution in [1.29, 1.82) is 0 Å². The molecule has 0 radical (unpaired) electrons. The Morgan fingerprint density at radius 1 is 0.967 bits per heavy atom. The second-order valence-corrected chi connectivity index (χ2v) is 16.1. The van der Waals surface area contributed by atoms with Crippen molar-refractivity contribution >= 4 is 51.0 Å². The van der Waals surface area contributed by atoms with E-state index in [9.17, 15) is 32.3 Å². The smallest absolute Gasteiger partial charge is 0.433 e. The predicted octanol–water partition coefficient (Wildman–Crippen LogP) is 5.68. The van der Waals surface area contributed by atoms with Crippen LogP contribution in [0.2, 0.25) is 0 Å². The van der Waals surface area contributed by atoms with Gasteiger partial charge in [-0.05, 0) is 88.2 Å². The lowest BCUT2D eigenvalue weighted by Crippen LogP contribution is -2.45. The minimum absolute atomic E-state index is 0.173. The first kappa shape index (κ1) is 40.9. The number of imidazole rings is 1. The molecule has 1 atom stereocenters. The second-order valence-electron chi connectivity index (χ2n) is 16.1. The van der Waals surface area contributed by atoms with Crippen molar-refractivity contribution in [2.75, 3.05) is 51.1 Å². The van der Waals surface area contributed by atoms with Crippen LogP contribution in [0.15, 0.2) is 53.5 Å². The van der Waals surface area contributed by atoms with Crippen LogP contribution in [0.5, 0.6) is 11.5 Å². The molecule has 2 N–H and O–H groups in total. The molecule has 0 bridgehead atoms. The Labute approximate surface area is 343 Å². The van der Waals surface area contributed by atoms with Gasteiger partial charge in [0.15, 0.2) is 0 Å². The third-order valence-electron chi connectivity index (χ3n) is 12.4. The number of hydrogen-bond acceptors (Lipinski definition) is 10. The van der Waals surface area contributed by atoms with Crippen LogP contribution >= 0.6 is 0 Å². The maximum absolute atomic E-state index is 13.6. The maximum Gasteiger partial charge on any atom is 0.433 e. The molecule has 1 aliphatic carbocycles. The highest BCUT2D eigenvalue weighted by atomic mass is 19.4. The standard InChI is InChI=1S/C42H48F3N9O6/c1-50(26-16-18-52(19-17-26)38-33(59-3)14-12-31-37(38)51(2)41(58)54(31)32-13-15-36(55)48-40(32)57)22-24-8-10-27(11-9-24)53-23-25-20-30(34(60-4)21-29(25)49-53)47-39(56)28-6-5-7-35(46-28)42(43,44)45/h5-7,12,14,20-21,23-24,26-27,32H,8-11,13,15-19,22H2,1-4H3,(H,47,56)(H,48,55,57)/t24-,27-,32?. The number of carbonyl (C=O) groups excluding carboxylic acids is 3. The zero-order valence-corrected chi connectivity index (χ0v) is 33.9. The fourth-order valence-electron chi connectivity index (χ4n) is 9.25. The summed E-state index contributed by atoms with van der Waals surface area (Å²) in [7, 11) is 6.98. The molecule has 0 spiro atoms. The van der Waals surface area contributed by atoms with Crippen molar-refractivity contribution in [2.45, 2.75) is 75.7 Å². The van der Waals surface area contributed by atoms with E-state index in [1.807, 2.05) is 23.0 Å². The maximum atomic E-state index is 13.6. The fourth-order valence-corrected chi connectivity index (χ4v) is 9.25. The van der Waals surface area contributed by atoms with Crippen LogP contribution in [-0.2, 0) is 22.8 Å².